The molecule has 0 spiro atoms. The van der Waals surface area contributed by atoms with E-state index in [0.717, 1.165) is 57.9 Å². The molecule has 1 unspecified atom stereocenters. The second-order valence-electron chi connectivity index (χ2n) is 6.88. The molecule has 1 aromatic rings. The first-order chi connectivity index (χ1) is 12.5. The van der Waals surface area contributed by atoms with E-state index in [9.17, 15) is 8.78 Å². The third-order valence-corrected chi connectivity index (χ3v) is 4.78. The molecule has 1 aliphatic heterocycles. The maximum atomic E-state index is 13.7. The Kier molecular flexibility index (Phi) is 11.1. The van der Waals surface area contributed by atoms with Crippen molar-refractivity contribution in [3.63, 3.8) is 0 Å². The number of nitrogens with one attached hydrogen (secondary N) is 2. The summed E-state index contributed by atoms with van der Waals surface area (Å²) in [5.74, 6) is 0.195. The first-order valence-corrected chi connectivity index (χ1v) is 9.35. The lowest BCUT2D eigenvalue weighted by atomic mass is 10.1. The lowest BCUT2D eigenvalue weighted by Crippen LogP contribution is -2.48. The molecule has 0 aromatic heterocycles. The molecule has 1 fully saturated rings. The van der Waals surface area contributed by atoms with Gasteiger partial charge in [-0.1, -0.05) is 13.8 Å². The van der Waals surface area contributed by atoms with Crippen LogP contribution in [0.25, 0.3) is 0 Å². The highest BCUT2D eigenvalue weighted by atomic mass is 127. The molecule has 2 N–H and O–H groups in total. The fraction of sp³-hybridized carbons (Fsp3) is 0.632. The van der Waals surface area contributed by atoms with Gasteiger partial charge in [0.1, 0.15) is 11.6 Å². The van der Waals surface area contributed by atoms with E-state index in [0.29, 0.717) is 11.9 Å². The Bertz CT molecular complexity index is 591. The second-order valence-corrected chi connectivity index (χ2v) is 6.88. The fourth-order valence-electron chi connectivity index (χ4n) is 3.14. The molecule has 154 valence electrons. The molecular formula is C19H32F2IN5. The van der Waals surface area contributed by atoms with Crippen molar-refractivity contribution < 1.29 is 8.78 Å². The summed E-state index contributed by atoms with van der Waals surface area (Å²) in [7, 11) is 1.67. The quantitative estimate of drug-likeness (QED) is 0.347. The molecule has 0 bridgehead atoms. The number of guanidine groups is 1. The molecule has 2 rings (SSSR count). The van der Waals surface area contributed by atoms with E-state index in [2.05, 4.69) is 39.3 Å². The van der Waals surface area contributed by atoms with Gasteiger partial charge < -0.3 is 20.4 Å². The molecule has 1 atom stereocenters. The minimum Gasteiger partial charge on any atom is -0.356 e. The Balaban J connectivity index is 0.00000364. The standard InChI is InChI=1S/C19H31F2N5.HI/c1-4-25-7-9-26(10-8-25)14-15(2)12-23-19(22-3)24-13-16-11-17(20)5-6-18(16)21;/h5-6,11,15H,4,7-10,12-14H2,1-3H3,(H2,22,23,24);1H. The van der Waals surface area contributed by atoms with Gasteiger partial charge in [-0.25, -0.2) is 8.78 Å². The minimum atomic E-state index is -0.442. The van der Waals surface area contributed by atoms with Gasteiger partial charge in [-0.15, -0.1) is 24.0 Å². The van der Waals surface area contributed by atoms with E-state index < -0.39 is 11.6 Å². The van der Waals surface area contributed by atoms with E-state index in [1.165, 1.54) is 6.07 Å². The molecule has 1 heterocycles. The van der Waals surface area contributed by atoms with Gasteiger partial charge in [0.25, 0.3) is 0 Å². The zero-order valence-corrected chi connectivity index (χ0v) is 18.8. The van der Waals surface area contributed by atoms with Gasteiger partial charge in [0.15, 0.2) is 5.96 Å². The first kappa shape index (κ1) is 24.0. The van der Waals surface area contributed by atoms with E-state index in [1.807, 2.05) is 0 Å². The minimum absolute atomic E-state index is 0. The van der Waals surface area contributed by atoms with Crippen molar-refractivity contribution >= 4 is 29.9 Å². The van der Waals surface area contributed by atoms with Gasteiger partial charge in [-0.2, -0.15) is 0 Å². The highest BCUT2D eigenvalue weighted by molar-refractivity contribution is 14.0. The van der Waals surface area contributed by atoms with Crippen LogP contribution in [0.1, 0.15) is 19.4 Å². The summed E-state index contributed by atoms with van der Waals surface area (Å²) in [5.41, 5.74) is 0.287. The van der Waals surface area contributed by atoms with Gasteiger partial charge in [0, 0.05) is 58.4 Å². The van der Waals surface area contributed by atoms with E-state index in [4.69, 9.17) is 0 Å². The van der Waals surface area contributed by atoms with Crippen LogP contribution in [0.3, 0.4) is 0 Å². The van der Waals surface area contributed by atoms with E-state index in [-0.39, 0.29) is 36.1 Å². The molecule has 1 aromatic carbocycles. The number of likely N-dealkylation sites (N-methyl/N-ethyl adjacent to an activating group) is 1. The lowest BCUT2D eigenvalue weighted by Gasteiger charge is -2.35. The summed E-state index contributed by atoms with van der Waals surface area (Å²) in [5, 5.41) is 6.31. The van der Waals surface area contributed by atoms with Crippen molar-refractivity contribution in [1.82, 2.24) is 20.4 Å². The Morgan fingerprint density at radius 3 is 2.44 bits per heavy atom. The summed E-state index contributed by atoms with van der Waals surface area (Å²) in [6.07, 6.45) is 0. The molecule has 0 saturated carbocycles. The van der Waals surface area contributed by atoms with Crippen molar-refractivity contribution in [3.05, 3.63) is 35.4 Å². The third kappa shape index (κ3) is 8.27. The molecule has 0 amide bonds. The normalized spacial score (nSPS) is 17.3. The number of hydrogen-bond donors (Lipinski definition) is 2. The Labute approximate surface area is 178 Å². The van der Waals surface area contributed by atoms with Gasteiger partial charge in [0.05, 0.1) is 0 Å². The molecule has 0 radical (unpaired) electrons. The fourth-order valence-corrected chi connectivity index (χ4v) is 3.14. The van der Waals surface area contributed by atoms with Crippen LogP contribution in [0.2, 0.25) is 0 Å². The Morgan fingerprint density at radius 1 is 1.15 bits per heavy atom. The molecule has 27 heavy (non-hydrogen) atoms. The first-order valence-electron chi connectivity index (χ1n) is 9.35. The van der Waals surface area contributed by atoms with Crippen LogP contribution in [0.15, 0.2) is 23.2 Å². The Morgan fingerprint density at radius 2 is 1.81 bits per heavy atom. The zero-order chi connectivity index (χ0) is 18.9. The predicted octanol–water partition coefficient (Wildman–Crippen LogP) is 2.52. The van der Waals surface area contributed by atoms with Gasteiger partial charge >= 0.3 is 0 Å². The van der Waals surface area contributed by atoms with Crippen LogP contribution < -0.4 is 10.6 Å². The van der Waals surface area contributed by atoms with Crippen molar-refractivity contribution in [2.75, 3.05) is 52.9 Å². The molecule has 5 nitrogen and oxygen atoms in total. The molecule has 8 heteroatoms. The highest BCUT2D eigenvalue weighted by Gasteiger charge is 2.17. The third-order valence-electron chi connectivity index (χ3n) is 4.78. The van der Waals surface area contributed by atoms with Crippen LogP contribution >= 0.6 is 24.0 Å². The van der Waals surface area contributed by atoms with E-state index in [1.54, 1.807) is 7.05 Å². The number of aliphatic imine (C=N–C) groups is 1. The second kappa shape index (κ2) is 12.5. The lowest BCUT2D eigenvalue weighted by molar-refractivity contribution is 0.124. The van der Waals surface area contributed by atoms with Crippen molar-refractivity contribution in [2.45, 2.75) is 20.4 Å². The van der Waals surface area contributed by atoms with Crippen LogP contribution in [-0.4, -0.2) is 68.6 Å². The smallest absolute Gasteiger partial charge is 0.191 e. The van der Waals surface area contributed by atoms with Crippen LogP contribution in [0.5, 0.6) is 0 Å². The zero-order valence-electron chi connectivity index (χ0n) is 16.5. The topological polar surface area (TPSA) is 42.9 Å². The molecular weight excluding hydrogens is 463 g/mol. The summed E-state index contributed by atoms with van der Waals surface area (Å²) >= 11 is 0. The number of benzene rings is 1. The number of piperazine rings is 1. The SMILES string of the molecule is CCN1CCN(CC(C)CNC(=NC)NCc2cc(F)ccc2F)CC1.I. The monoisotopic (exact) mass is 495 g/mol. The predicted molar refractivity (Wildman–Crippen MR) is 118 cm³/mol. The summed E-state index contributed by atoms with van der Waals surface area (Å²) in [6.45, 7) is 12.1. The summed E-state index contributed by atoms with van der Waals surface area (Å²) < 4.78 is 26.9. The molecule has 1 saturated heterocycles. The molecule has 1 aliphatic rings. The number of halogens is 3. The highest BCUT2D eigenvalue weighted by Crippen LogP contribution is 2.09. The van der Waals surface area contributed by atoms with Crippen molar-refractivity contribution in [2.24, 2.45) is 10.9 Å². The van der Waals surface area contributed by atoms with Crippen molar-refractivity contribution in [3.8, 4) is 0 Å². The number of nitrogens with zero attached hydrogens (tertiary/aromatic N) is 3. The van der Waals surface area contributed by atoms with Crippen LogP contribution in [0.4, 0.5) is 8.78 Å². The van der Waals surface area contributed by atoms with Gasteiger partial charge in [-0.3, -0.25) is 4.99 Å². The average Bonchev–Trinajstić information content (AvgIpc) is 2.65. The summed E-state index contributed by atoms with van der Waals surface area (Å²) in [6, 6.07) is 3.46. The Hall–Kier alpha value is -1.00. The van der Waals surface area contributed by atoms with Crippen molar-refractivity contribution in [1.29, 1.82) is 0 Å². The number of hydrogen-bond acceptors (Lipinski definition) is 3. The van der Waals surface area contributed by atoms with Gasteiger partial charge in [0.2, 0.25) is 0 Å². The maximum absolute atomic E-state index is 13.7. The average molecular weight is 495 g/mol. The van der Waals surface area contributed by atoms with Crippen LogP contribution in [0, 0.1) is 17.6 Å². The summed E-state index contributed by atoms with van der Waals surface area (Å²) in [4.78, 5) is 9.12. The maximum Gasteiger partial charge on any atom is 0.191 e. The number of rotatable bonds is 7. The van der Waals surface area contributed by atoms with E-state index >= 15 is 0 Å². The largest absolute Gasteiger partial charge is 0.356 e. The van der Waals surface area contributed by atoms with Crippen LogP contribution in [-0.2, 0) is 6.54 Å². The van der Waals surface area contributed by atoms with Gasteiger partial charge in [-0.05, 0) is 30.7 Å². The molecule has 0 aliphatic carbocycles.